The van der Waals surface area contributed by atoms with Gasteiger partial charge in [0, 0.05) is 6.07 Å². The summed E-state index contributed by atoms with van der Waals surface area (Å²) in [4.78, 5) is 21.4. The average molecular weight is 241 g/mol. The van der Waals surface area contributed by atoms with Gasteiger partial charge in [-0.2, -0.15) is 0 Å². The lowest BCUT2D eigenvalue weighted by atomic mass is 10.2. The Bertz CT molecular complexity index is 450. The van der Waals surface area contributed by atoms with Crippen LogP contribution < -0.4 is 10.6 Å². The zero-order chi connectivity index (χ0) is 13.0. The fraction of sp³-hybridized carbons (Fsp3) is 0.300. The summed E-state index contributed by atoms with van der Waals surface area (Å²) in [6.45, 7) is 1.56. The molecule has 0 spiro atoms. The van der Waals surface area contributed by atoms with Crippen LogP contribution in [-0.2, 0) is 4.79 Å². The minimum absolute atomic E-state index is 0.412. The first kappa shape index (κ1) is 13.0. The van der Waals surface area contributed by atoms with Gasteiger partial charge in [-0.15, -0.1) is 0 Å². The van der Waals surface area contributed by atoms with E-state index < -0.39 is 34.1 Å². The van der Waals surface area contributed by atoms with Gasteiger partial charge < -0.3 is 10.6 Å². The number of carbonyl (C=O) groups excluding carboxylic acids is 1. The van der Waals surface area contributed by atoms with Crippen molar-refractivity contribution in [3.05, 3.63) is 34.1 Å². The van der Waals surface area contributed by atoms with Crippen LogP contribution >= 0.6 is 0 Å². The van der Waals surface area contributed by atoms with Gasteiger partial charge in [0.15, 0.2) is 11.5 Å². The number of rotatable bonds is 4. The molecule has 1 aromatic rings. The van der Waals surface area contributed by atoms with Crippen molar-refractivity contribution < 1.29 is 14.1 Å². The summed E-state index contributed by atoms with van der Waals surface area (Å²) in [5.41, 5.74) is -0.883. The summed E-state index contributed by atoms with van der Waals surface area (Å²) in [6, 6.07) is 2.81. The van der Waals surface area contributed by atoms with Crippen molar-refractivity contribution >= 4 is 17.3 Å². The molecule has 1 amide bonds. The van der Waals surface area contributed by atoms with Gasteiger partial charge in [-0.05, 0) is 20.0 Å². The van der Waals surface area contributed by atoms with E-state index in [1.165, 1.54) is 6.07 Å². The Hall–Kier alpha value is -2.02. The van der Waals surface area contributed by atoms with E-state index in [0.29, 0.717) is 0 Å². The highest BCUT2D eigenvalue weighted by atomic mass is 19.1. The predicted octanol–water partition coefficient (Wildman–Crippen LogP) is 1.28. The van der Waals surface area contributed by atoms with Gasteiger partial charge in [0.25, 0.3) is 5.69 Å². The molecule has 17 heavy (non-hydrogen) atoms. The highest BCUT2D eigenvalue weighted by Crippen LogP contribution is 2.26. The number of benzene rings is 1. The normalized spacial score (nSPS) is 11.9. The van der Waals surface area contributed by atoms with Crippen LogP contribution in [0.5, 0.6) is 0 Å². The van der Waals surface area contributed by atoms with Gasteiger partial charge in [-0.25, -0.2) is 4.39 Å². The molecular formula is C10H12FN3O3. The third-order valence-corrected chi connectivity index (χ3v) is 2.26. The minimum Gasteiger partial charge on any atom is -0.317 e. The molecular weight excluding hydrogens is 229 g/mol. The maximum Gasteiger partial charge on any atom is 0.295 e. The minimum atomic E-state index is -0.837. The van der Waals surface area contributed by atoms with Crippen LogP contribution in [0.4, 0.5) is 15.8 Å². The number of nitrogens with zero attached hydrogens (tertiary/aromatic N) is 1. The van der Waals surface area contributed by atoms with Crippen molar-refractivity contribution in [2.75, 3.05) is 12.4 Å². The number of nitro benzene ring substituents is 1. The van der Waals surface area contributed by atoms with Crippen LogP contribution in [0.25, 0.3) is 0 Å². The van der Waals surface area contributed by atoms with E-state index in [2.05, 4.69) is 10.6 Å². The Morgan fingerprint density at radius 2 is 2.18 bits per heavy atom. The number of hydrogen-bond acceptors (Lipinski definition) is 4. The van der Waals surface area contributed by atoms with Crippen LogP contribution in [0.1, 0.15) is 6.92 Å². The molecule has 0 saturated carbocycles. The van der Waals surface area contributed by atoms with E-state index in [-0.39, 0.29) is 0 Å². The van der Waals surface area contributed by atoms with Gasteiger partial charge in [-0.1, -0.05) is 6.07 Å². The smallest absolute Gasteiger partial charge is 0.295 e. The standard InChI is InChI=1S/C10H12FN3O3/c1-6(12-2)10(15)13-9-7(11)4-3-5-8(9)14(16)17/h3-6,12H,1-2H3,(H,13,15). The molecule has 0 aliphatic rings. The van der Waals surface area contributed by atoms with Gasteiger partial charge in [0.2, 0.25) is 5.91 Å². The summed E-state index contributed by atoms with van der Waals surface area (Å²) in [5, 5.41) is 15.5. The van der Waals surface area contributed by atoms with Gasteiger partial charge in [0.05, 0.1) is 11.0 Å². The fourth-order valence-corrected chi connectivity index (χ4v) is 1.15. The summed E-state index contributed by atoms with van der Waals surface area (Å²) >= 11 is 0. The Kier molecular flexibility index (Phi) is 4.11. The number of amides is 1. The molecule has 0 saturated heterocycles. The van der Waals surface area contributed by atoms with E-state index in [1.807, 2.05) is 0 Å². The van der Waals surface area contributed by atoms with E-state index in [9.17, 15) is 19.3 Å². The lowest BCUT2D eigenvalue weighted by molar-refractivity contribution is -0.384. The van der Waals surface area contributed by atoms with Crippen molar-refractivity contribution in [2.24, 2.45) is 0 Å². The summed E-state index contributed by atoms with van der Waals surface area (Å²) in [7, 11) is 1.56. The van der Waals surface area contributed by atoms with Crippen molar-refractivity contribution in [2.45, 2.75) is 13.0 Å². The fourth-order valence-electron chi connectivity index (χ4n) is 1.15. The molecule has 6 nitrogen and oxygen atoms in total. The number of hydrogen-bond donors (Lipinski definition) is 2. The molecule has 1 unspecified atom stereocenters. The van der Waals surface area contributed by atoms with Crippen LogP contribution in [0.2, 0.25) is 0 Å². The highest BCUT2D eigenvalue weighted by molar-refractivity contribution is 5.96. The third kappa shape index (κ3) is 2.97. The molecule has 0 aliphatic carbocycles. The predicted molar refractivity (Wildman–Crippen MR) is 60.2 cm³/mol. The van der Waals surface area contributed by atoms with Crippen LogP contribution in [0.3, 0.4) is 0 Å². The molecule has 0 aromatic heterocycles. The molecule has 7 heteroatoms. The highest BCUT2D eigenvalue weighted by Gasteiger charge is 2.21. The van der Waals surface area contributed by atoms with Gasteiger partial charge >= 0.3 is 0 Å². The topological polar surface area (TPSA) is 84.3 Å². The second-order valence-electron chi connectivity index (χ2n) is 3.39. The van der Waals surface area contributed by atoms with Crippen molar-refractivity contribution in [1.82, 2.24) is 5.32 Å². The maximum atomic E-state index is 13.4. The van der Waals surface area contributed by atoms with E-state index in [4.69, 9.17) is 0 Å². The number of anilines is 1. The number of halogens is 1. The first-order valence-electron chi connectivity index (χ1n) is 4.88. The second kappa shape index (κ2) is 5.35. The molecule has 1 aromatic carbocycles. The number of nitrogens with one attached hydrogen (secondary N) is 2. The zero-order valence-corrected chi connectivity index (χ0v) is 9.36. The zero-order valence-electron chi connectivity index (χ0n) is 9.36. The van der Waals surface area contributed by atoms with Crippen molar-refractivity contribution in [3.63, 3.8) is 0 Å². The lowest BCUT2D eigenvalue weighted by Crippen LogP contribution is -2.35. The molecule has 1 atom stereocenters. The van der Waals surface area contributed by atoms with E-state index in [0.717, 1.165) is 12.1 Å². The molecule has 0 heterocycles. The molecule has 2 N–H and O–H groups in total. The van der Waals surface area contributed by atoms with E-state index in [1.54, 1.807) is 14.0 Å². The monoisotopic (exact) mass is 241 g/mol. The number of carbonyl (C=O) groups is 1. The van der Waals surface area contributed by atoms with Crippen LogP contribution in [0, 0.1) is 15.9 Å². The molecule has 0 fully saturated rings. The molecule has 0 aliphatic heterocycles. The molecule has 0 radical (unpaired) electrons. The first-order chi connectivity index (χ1) is 7.97. The van der Waals surface area contributed by atoms with Crippen molar-refractivity contribution in [3.8, 4) is 0 Å². The Labute approximate surface area is 97.0 Å². The average Bonchev–Trinajstić information content (AvgIpc) is 2.30. The molecule has 0 bridgehead atoms. The second-order valence-corrected chi connectivity index (χ2v) is 3.39. The number of likely N-dealkylation sites (N-methyl/N-ethyl adjacent to an activating group) is 1. The Balaban J connectivity index is 3.05. The maximum absolute atomic E-state index is 13.4. The summed E-state index contributed by atoms with van der Waals surface area (Å²) < 4.78 is 13.4. The van der Waals surface area contributed by atoms with Crippen LogP contribution in [0.15, 0.2) is 18.2 Å². The third-order valence-electron chi connectivity index (χ3n) is 2.26. The quantitative estimate of drug-likeness (QED) is 0.614. The van der Waals surface area contributed by atoms with E-state index >= 15 is 0 Å². The largest absolute Gasteiger partial charge is 0.317 e. The molecule has 1 rings (SSSR count). The Morgan fingerprint density at radius 1 is 1.53 bits per heavy atom. The van der Waals surface area contributed by atoms with Crippen molar-refractivity contribution in [1.29, 1.82) is 0 Å². The number of para-hydroxylation sites is 1. The first-order valence-corrected chi connectivity index (χ1v) is 4.88. The summed E-state index contributed by atoms with van der Waals surface area (Å²) in [6.07, 6.45) is 0. The molecule has 92 valence electrons. The summed E-state index contributed by atoms with van der Waals surface area (Å²) in [5.74, 6) is -1.38. The SMILES string of the molecule is CNC(C)C(=O)Nc1c(F)cccc1[N+](=O)[O-]. The van der Waals surface area contributed by atoms with Crippen LogP contribution in [-0.4, -0.2) is 23.9 Å². The Morgan fingerprint density at radius 3 is 2.71 bits per heavy atom. The lowest BCUT2D eigenvalue weighted by Gasteiger charge is -2.11. The number of nitro groups is 1. The van der Waals surface area contributed by atoms with Gasteiger partial charge in [-0.3, -0.25) is 14.9 Å². The van der Waals surface area contributed by atoms with Gasteiger partial charge in [0.1, 0.15) is 0 Å².